The van der Waals surface area contributed by atoms with Gasteiger partial charge in [0.05, 0.1) is 22.9 Å². The second-order valence-corrected chi connectivity index (χ2v) is 9.16. The number of nitrogens with zero attached hydrogens (tertiary/aromatic N) is 3. The second kappa shape index (κ2) is 8.56. The van der Waals surface area contributed by atoms with Crippen molar-refractivity contribution < 1.29 is 18.0 Å². The van der Waals surface area contributed by atoms with Crippen LogP contribution in [0, 0.1) is 5.92 Å². The minimum Gasteiger partial charge on any atom is -0.320 e. The van der Waals surface area contributed by atoms with Gasteiger partial charge in [0.15, 0.2) is 0 Å². The maximum absolute atomic E-state index is 14.2. The Balaban J connectivity index is 1.64. The van der Waals surface area contributed by atoms with E-state index < -0.39 is 18.0 Å². The third-order valence-electron chi connectivity index (χ3n) is 6.13. The normalized spacial score (nSPS) is 19.5. The standard InChI is InChI=1S/C24H27F3N4O/c1-14-7-9-16(10-8-14)31-13-15-11-20(17(22(25)26)12-19(15)30-31)29-23(32)18-5-4-6-21(28-18)24(2,3)27/h4-6,11-14,16,22H,7-10H2,1-3H3,(H,29,32). The summed E-state index contributed by atoms with van der Waals surface area (Å²) in [6.45, 7) is 4.91. The number of halogens is 3. The Bertz CT molecular complexity index is 1130. The third-order valence-corrected chi connectivity index (χ3v) is 6.13. The lowest BCUT2D eigenvalue weighted by atomic mass is 9.87. The van der Waals surface area contributed by atoms with E-state index >= 15 is 0 Å². The average molecular weight is 445 g/mol. The van der Waals surface area contributed by atoms with Crippen molar-refractivity contribution in [1.29, 1.82) is 0 Å². The van der Waals surface area contributed by atoms with Crippen molar-refractivity contribution in [2.45, 2.75) is 64.6 Å². The third kappa shape index (κ3) is 4.64. The molecule has 1 N–H and O–H groups in total. The van der Waals surface area contributed by atoms with Gasteiger partial charge < -0.3 is 5.32 Å². The fourth-order valence-corrected chi connectivity index (χ4v) is 4.17. The Morgan fingerprint density at radius 3 is 2.56 bits per heavy atom. The molecule has 2 aromatic heterocycles. The van der Waals surface area contributed by atoms with Gasteiger partial charge in [0.25, 0.3) is 12.3 Å². The van der Waals surface area contributed by atoms with Gasteiger partial charge in [0.2, 0.25) is 0 Å². The van der Waals surface area contributed by atoms with Gasteiger partial charge in [-0.25, -0.2) is 18.2 Å². The number of anilines is 1. The van der Waals surface area contributed by atoms with E-state index in [9.17, 15) is 18.0 Å². The number of pyridine rings is 1. The number of hydrogen-bond acceptors (Lipinski definition) is 3. The molecular weight excluding hydrogens is 417 g/mol. The molecule has 0 atom stereocenters. The number of alkyl halides is 3. The quantitative estimate of drug-likeness (QED) is 0.484. The van der Waals surface area contributed by atoms with Gasteiger partial charge >= 0.3 is 0 Å². The van der Waals surface area contributed by atoms with Crippen LogP contribution in [0.4, 0.5) is 18.9 Å². The second-order valence-electron chi connectivity index (χ2n) is 9.16. The van der Waals surface area contributed by atoms with Crippen LogP contribution in [0.5, 0.6) is 0 Å². The minimum absolute atomic E-state index is 0.000952. The lowest BCUT2D eigenvalue weighted by Gasteiger charge is -2.26. The number of hydrogen-bond donors (Lipinski definition) is 1. The zero-order chi connectivity index (χ0) is 23.0. The van der Waals surface area contributed by atoms with Gasteiger partial charge in [-0.3, -0.25) is 9.48 Å². The highest BCUT2D eigenvalue weighted by molar-refractivity contribution is 6.04. The minimum atomic E-state index is -2.79. The summed E-state index contributed by atoms with van der Waals surface area (Å²) < 4.78 is 43.6. The maximum Gasteiger partial charge on any atom is 0.274 e. The molecule has 1 fully saturated rings. The zero-order valence-corrected chi connectivity index (χ0v) is 18.4. The van der Waals surface area contributed by atoms with Crippen LogP contribution in [0.15, 0.2) is 36.5 Å². The van der Waals surface area contributed by atoms with E-state index in [2.05, 4.69) is 22.3 Å². The Hall–Kier alpha value is -2.90. The molecule has 8 heteroatoms. The molecule has 1 aromatic carbocycles. The number of aromatic nitrogens is 3. The monoisotopic (exact) mass is 444 g/mol. The number of carbonyl (C=O) groups is 1. The molecule has 1 amide bonds. The Kier molecular flexibility index (Phi) is 5.97. The summed E-state index contributed by atoms with van der Waals surface area (Å²) in [4.78, 5) is 16.8. The van der Waals surface area contributed by atoms with E-state index in [1.165, 1.54) is 44.2 Å². The van der Waals surface area contributed by atoms with E-state index in [1.807, 2.05) is 10.9 Å². The topological polar surface area (TPSA) is 59.8 Å². The summed E-state index contributed by atoms with van der Waals surface area (Å²) in [6.07, 6.45) is 3.31. The van der Waals surface area contributed by atoms with E-state index in [0.29, 0.717) is 16.8 Å². The fraction of sp³-hybridized carbons (Fsp3) is 0.458. The first-order chi connectivity index (χ1) is 15.1. The van der Waals surface area contributed by atoms with E-state index in [1.54, 1.807) is 0 Å². The highest BCUT2D eigenvalue weighted by atomic mass is 19.3. The van der Waals surface area contributed by atoms with Crippen LogP contribution in [-0.4, -0.2) is 20.7 Å². The molecule has 1 aliphatic rings. The molecule has 170 valence electrons. The molecule has 2 heterocycles. The Morgan fingerprint density at radius 1 is 1.19 bits per heavy atom. The molecule has 32 heavy (non-hydrogen) atoms. The first-order valence-electron chi connectivity index (χ1n) is 10.9. The fourth-order valence-electron chi connectivity index (χ4n) is 4.17. The molecule has 0 radical (unpaired) electrons. The smallest absolute Gasteiger partial charge is 0.274 e. The van der Waals surface area contributed by atoms with Gasteiger partial charge in [-0.05, 0) is 69.7 Å². The first-order valence-corrected chi connectivity index (χ1v) is 10.9. The maximum atomic E-state index is 14.2. The van der Waals surface area contributed by atoms with Crippen LogP contribution in [-0.2, 0) is 5.67 Å². The van der Waals surface area contributed by atoms with Crippen molar-refractivity contribution in [1.82, 2.24) is 14.8 Å². The van der Waals surface area contributed by atoms with Crippen LogP contribution >= 0.6 is 0 Å². The number of rotatable bonds is 5. The van der Waals surface area contributed by atoms with Gasteiger partial charge in [-0.15, -0.1) is 0 Å². The molecule has 0 saturated heterocycles. The summed E-state index contributed by atoms with van der Waals surface area (Å²) in [5.74, 6) is 0.0181. The number of nitrogens with one attached hydrogen (secondary N) is 1. The largest absolute Gasteiger partial charge is 0.320 e. The molecule has 0 bridgehead atoms. The van der Waals surface area contributed by atoms with Gasteiger partial charge in [0, 0.05) is 17.1 Å². The van der Waals surface area contributed by atoms with Crippen LogP contribution in [0.2, 0.25) is 0 Å². The molecule has 0 unspecified atom stereocenters. The van der Waals surface area contributed by atoms with Crippen molar-refractivity contribution in [2.24, 2.45) is 5.92 Å². The van der Waals surface area contributed by atoms with Crippen molar-refractivity contribution >= 4 is 22.5 Å². The number of fused-ring (bicyclic) bond motifs is 1. The molecule has 1 saturated carbocycles. The number of benzene rings is 1. The summed E-state index contributed by atoms with van der Waals surface area (Å²) in [6, 6.07) is 7.52. The highest BCUT2D eigenvalue weighted by Gasteiger charge is 2.24. The number of amides is 1. The predicted molar refractivity (Wildman–Crippen MR) is 118 cm³/mol. The summed E-state index contributed by atoms with van der Waals surface area (Å²) >= 11 is 0. The van der Waals surface area contributed by atoms with Crippen molar-refractivity contribution in [3.8, 4) is 0 Å². The molecule has 0 spiro atoms. The molecule has 0 aliphatic heterocycles. The number of carbonyl (C=O) groups excluding carboxylic acids is 1. The zero-order valence-electron chi connectivity index (χ0n) is 18.4. The van der Waals surface area contributed by atoms with E-state index in [4.69, 9.17) is 0 Å². The lowest BCUT2D eigenvalue weighted by molar-refractivity contribution is 0.102. The Labute approximate surface area is 185 Å². The van der Waals surface area contributed by atoms with E-state index in [-0.39, 0.29) is 28.7 Å². The average Bonchev–Trinajstić information content (AvgIpc) is 3.16. The van der Waals surface area contributed by atoms with Gasteiger partial charge in [-0.1, -0.05) is 13.0 Å². The lowest BCUT2D eigenvalue weighted by Crippen LogP contribution is -2.18. The SMILES string of the molecule is CC1CCC(n2cc3cc(NC(=O)c4cccc(C(C)(C)F)n4)c(C(F)F)cc3n2)CC1. The van der Waals surface area contributed by atoms with Crippen LogP contribution in [0.3, 0.4) is 0 Å². The molecule has 1 aliphatic carbocycles. The summed E-state index contributed by atoms with van der Waals surface area (Å²) in [5.41, 5.74) is -1.51. The van der Waals surface area contributed by atoms with E-state index in [0.717, 1.165) is 25.7 Å². The summed E-state index contributed by atoms with van der Waals surface area (Å²) in [7, 11) is 0. The molecule has 5 nitrogen and oxygen atoms in total. The molecule has 3 aromatic rings. The van der Waals surface area contributed by atoms with Gasteiger partial charge in [-0.2, -0.15) is 5.10 Å². The summed E-state index contributed by atoms with van der Waals surface area (Å²) in [5, 5.41) is 7.75. The molecule has 4 rings (SSSR count). The van der Waals surface area contributed by atoms with Crippen LogP contribution < -0.4 is 5.32 Å². The molecular formula is C24H27F3N4O. The van der Waals surface area contributed by atoms with Crippen molar-refractivity contribution in [3.63, 3.8) is 0 Å². The Morgan fingerprint density at radius 2 is 1.91 bits per heavy atom. The van der Waals surface area contributed by atoms with Gasteiger partial charge in [0.1, 0.15) is 11.4 Å². The van der Waals surface area contributed by atoms with Crippen LogP contribution in [0.1, 0.15) is 80.7 Å². The highest BCUT2D eigenvalue weighted by Crippen LogP contribution is 2.35. The van der Waals surface area contributed by atoms with Crippen LogP contribution in [0.25, 0.3) is 10.9 Å². The first kappa shape index (κ1) is 22.3. The van der Waals surface area contributed by atoms with Crippen molar-refractivity contribution in [2.75, 3.05) is 5.32 Å². The van der Waals surface area contributed by atoms with Crippen molar-refractivity contribution in [3.05, 3.63) is 53.5 Å². The predicted octanol–water partition coefficient (Wildman–Crippen LogP) is 6.58.